The second kappa shape index (κ2) is 37.4. The summed E-state index contributed by atoms with van der Waals surface area (Å²) in [5.74, 6) is 1.53. The number of rotatable bonds is 26. The van der Waals surface area contributed by atoms with Crippen LogP contribution in [0.4, 0.5) is 0 Å². The summed E-state index contributed by atoms with van der Waals surface area (Å²) >= 11 is 0. The molecule has 0 unspecified atom stereocenters. The Morgan fingerprint density at radius 1 is 0.293 bits per heavy atom. The highest BCUT2D eigenvalue weighted by atomic mass is 16.3. The average Bonchev–Trinajstić information content (AvgIpc) is 3.23. The summed E-state index contributed by atoms with van der Waals surface area (Å²) in [4.78, 5) is 0. The molecule has 0 amide bonds. The minimum Gasteiger partial charge on any atom is -0.508 e. The fourth-order valence-electron chi connectivity index (χ4n) is 6.95. The Hall–Kier alpha value is -3.92. The van der Waals surface area contributed by atoms with Gasteiger partial charge in [0.25, 0.3) is 0 Å². The third-order valence-electron chi connectivity index (χ3n) is 10.5. The number of para-hydroxylation sites is 1. The maximum Gasteiger partial charge on any atom is 0.118 e. The number of unbranched alkanes of at least 4 members (excludes halogenated alkanes) is 18. The molecule has 0 bridgehead atoms. The predicted octanol–water partition coefficient (Wildman–Crippen LogP) is 16.4. The van der Waals surface area contributed by atoms with E-state index in [2.05, 4.69) is 33.8 Å². The van der Waals surface area contributed by atoms with Crippen molar-refractivity contribution in [1.29, 1.82) is 0 Å². The lowest BCUT2D eigenvalue weighted by Crippen LogP contribution is -1.86. The average molecular weight is 797 g/mol. The SMILES string of the molecule is CCCCCCCCCCCCCCCc1cccc(O)c1.CCCCCCCCCc1ccc(O)cc1.CCCc1ccc(O)cc1.CCCc1ccccc1O. The first kappa shape index (κ1) is 52.1. The van der Waals surface area contributed by atoms with E-state index in [0.717, 1.165) is 44.1 Å². The minimum atomic E-state index is 0.347. The quantitative estimate of drug-likeness (QED) is 0.0477. The number of phenolic OH excluding ortho intramolecular Hbond substituents is 4. The molecule has 4 N–H and O–H groups in total. The molecule has 4 nitrogen and oxygen atoms in total. The van der Waals surface area contributed by atoms with E-state index >= 15 is 0 Å². The van der Waals surface area contributed by atoms with Gasteiger partial charge < -0.3 is 20.4 Å². The molecule has 4 aromatic carbocycles. The number of aromatic hydroxyl groups is 4. The molecule has 0 aliphatic heterocycles. The molecule has 0 heterocycles. The molecule has 324 valence electrons. The van der Waals surface area contributed by atoms with Crippen molar-refractivity contribution >= 4 is 0 Å². The smallest absolute Gasteiger partial charge is 0.118 e. The Kier molecular flexibility index (Phi) is 33.6. The highest BCUT2D eigenvalue weighted by Crippen LogP contribution is 2.18. The summed E-state index contributed by atoms with van der Waals surface area (Å²) in [5.41, 5.74) is 4.94. The van der Waals surface area contributed by atoms with E-state index in [1.807, 2.05) is 54.6 Å². The largest absolute Gasteiger partial charge is 0.508 e. The van der Waals surface area contributed by atoms with Crippen LogP contribution in [0.1, 0.15) is 191 Å². The first-order chi connectivity index (χ1) is 28.3. The van der Waals surface area contributed by atoms with Gasteiger partial charge in [-0.15, -0.1) is 0 Å². The van der Waals surface area contributed by atoms with Crippen molar-refractivity contribution in [3.05, 3.63) is 119 Å². The van der Waals surface area contributed by atoms with Crippen LogP contribution in [0.25, 0.3) is 0 Å². The van der Waals surface area contributed by atoms with Crippen molar-refractivity contribution in [2.24, 2.45) is 0 Å². The number of benzene rings is 4. The van der Waals surface area contributed by atoms with Gasteiger partial charge in [-0.25, -0.2) is 0 Å². The number of phenols is 4. The molecular weight excluding hydrogens is 713 g/mol. The zero-order valence-electron chi connectivity index (χ0n) is 37.4. The molecule has 4 aromatic rings. The Morgan fingerprint density at radius 3 is 1.10 bits per heavy atom. The molecule has 0 aromatic heterocycles. The van der Waals surface area contributed by atoms with E-state index in [-0.39, 0.29) is 0 Å². The van der Waals surface area contributed by atoms with E-state index in [4.69, 9.17) is 10.2 Å². The van der Waals surface area contributed by atoms with Gasteiger partial charge in [0.05, 0.1) is 0 Å². The Morgan fingerprint density at radius 2 is 0.690 bits per heavy atom. The van der Waals surface area contributed by atoms with E-state index in [0.29, 0.717) is 23.0 Å². The van der Waals surface area contributed by atoms with Crippen molar-refractivity contribution in [2.45, 2.75) is 195 Å². The van der Waals surface area contributed by atoms with Gasteiger partial charge in [-0.1, -0.05) is 211 Å². The van der Waals surface area contributed by atoms with Gasteiger partial charge in [0, 0.05) is 0 Å². The first-order valence-electron chi connectivity index (χ1n) is 23.4. The molecule has 0 saturated heterocycles. The summed E-state index contributed by atoms with van der Waals surface area (Å²) in [7, 11) is 0. The monoisotopic (exact) mass is 797 g/mol. The molecule has 4 rings (SSSR count). The van der Waals surface area contributed by atoms with E-state index in [9.17, 15) is 10.2 Å². The standard InChI is InChI=1S/C21H36O.C15H24O.2C9H12O/c1-2-3-4-5-6-7-8-9-10-11-12-13-14-16-20-17-15-18-21(22)19-20;1-2-3-4-5-6-7-8-9-14-10-12-15(16)13-11-14;1-2-5-8-6-3-4-7-9(8)10;1-2-3-8-4-6-9(10)7-5-8/h15,17-19,22H,2-14,16H2,1H3;10-13,16H,2-9H2,1H3;3-4,6-7,10H,2,5H2,1H3;4-7,10H,2-3H2,1H3. The summed E-state index contributed by atoms with van der Waals surface area (Å²) in [6.45, 7) is 8.79. The number of hydrogen-bond acceptors (Lipinski definition) is 4. The molecule has 0 aliphatic rings. The third-order valence-corrected chi connectivity index (χ3v) is 10.5. The maximum atomic E-state index is 9.42. The molecular formula is C54H84O4. The van der Waals surface area contributed by atoms with Crippen molar-refractivity contribution in [2.75, 3.05) is 0 Å². The third kappa shape index (κ3) is 30.2. The van der Waals surface area contributed by atoms with Crippen LogP contribution in [-0.2, 0) is 25.7 Å². The van der Waals surface area contributed by atoms with Crippen LogP contribution in [0.2, 0.25) is 0 Å². The van der Waals surface area contributed by atoms with Gasteiger partial charge in [0.1, 0.15) is 23.0 Å². The summed E-state index contributed by atoms with van der Waals surface area (Å²) in [6, 6.07) is 30.1. The Labute approximate surface area is 356 Å². The Bertz CT molecular complexity index is 1460. The maximum absolute atomic E-state index is 9.42. The lowest BCUT2D eigenvalue weighted by molar-refractivity contribution is 0.467. The van der Waals surface area contributed by atoms with Gasteiger partial charge in [-0.3, -0.25) is 0 Å². The van der Waals surface area contributed by atoms with Gasteiger partial charge in [-0.05, 0) is 103 Å². The fraction of sp³-hybridized carbons (Fsp3) is 0.556. The predicted molar refractivity (Wildman–Crippen MR) is 252 cm³/mol. The lowest BCUT2D eigenvalue weighted by atomic mass is 10.0. The topological polar surface area (TPSA) is 80.9 Å². The molecule has 4 heteroatoms. The van der Waals surface area contributed by atoms with Crippen LogP contribution < -0.4 is 0 Å². The molecule has 0 radical (unpaired) electrons. The number of aryl methyl sites for hydroxylation is 4. The van der Waals surface area contributed by atoms with Crippen molar-refractivity contribution in [3.8, 4) is 23.0 Å². The van der Waals surface area contributed by atoms with E-state index in [1.54, 1.807) is 36.4 Å². The highest BCUT2D eigenvalue weighted by Gasteiger charge is 1.98. The molecule has 0 aliphatic carbocycles. The minimum absolute atomic E-state index is 0.347. The van der Waals surface area contributed by atoms with E-state index < -0.39 is 0 Å². The summed E-state index contributed by atoms with van der Waals surface area (Å²) in [5, 5.41) is 36.7. The normalized spacial score (nSPS) is 10.4. The number of hydrogen-bond donors (Lipinski definition) is 4. The fourth-order valence-corrected chi connectivity index (χ4v) is 6.95. The van der Waals surface area contributed by atoms with Crippen LogP contribution in [0.15, 0.2) is 97.1 Å². The van der Waals surface area contributed by atoms with Gasteiger partial charge in [-0.2, -0.15) is 0 Å². The Balaban J connectivity index is 0.000000409. The molecule has 0 fully saturated rings. The van der Waals surface area contributed by atoms with Crippen molar-refractivity contribution in [1.82, 2.24) is 0 Å². The van der Waals surface area contributed by atoms with E-state index in [1.165, 1.54) is 145 Å². The van der Waals surface area contributed by atoms with Crippen molar-refractivity contribution < 1.29 is 20.4 Å². The van der Waals surface area contributed by atoms with Gasteiger partial charge >= 0.3 is 0 Å². The van der Waals surface area contributed by atoms with Crippen LogP contribution in [0.3, 0.4) is 0 Å². The second-order valence-corrected chi connectivity index (χ2v) is 16.0. The second-order valence-electron chi connectivity index (χ2n) is 16.0. The molecule has 0 spiro atoms. The molecule has 0 atom stereocenters. The van der Waals surface area contributed by atoms with Gasteiger partial charge in [0.2, 0.25) is 0 Å². The van der Waals surface area contributed by atoms with Crippen LogP contribution in [-0.4, -0.2) is 20.4 Å². The first-order valence-corrected chi connectivity index (χ1v) is 23.4. The zero-order chi connectivity index (χ0) is 42.3. The molecule has 0 saturated carbocycles. The van der Waals surface area contributed by atoms with Crippen LogP contribution >= 0.6 is 0 Å². The van der Waals surface area contributed by atoms with Crippen LogP contribution in [0.5, 0.6) is 23.0 Å². The highest BCUT2D eigenvalue weighted by molar-refractivity contribution is 5.31. The molecule has 58 heavy (non-hydrogen) atoms. The van der Waals surface area contributed by atoms with Gasteiger partial charge in [0.15, 0.2) is 0 Å². The van der Waals surface area contributed by atoms with Crippen LogP contribution in [0, 0.1) is 0 Å². The lowest BCUT2D eigenvalue weighted by Gasteiger charge is -2.04. The summed E-state index contributed by atoms with van der Waals surface area (Å²) in [6.07, 6.45) is 34.2. The van der Waals surface area contributed by atoms with Crippen molar-refractivity contribution in [3.63, 3.8) is 0 Å². The zero-order valence-corrected chi connectivity index (χ0v) is 37.4. The summed E-state index contributed by atoms with van der Waals surface area (Å²) < 4.78 is 0.